The second kappa shape index (κ2) is 5.24. The Morgan fingerprint density at radius 1 is 1.11 bits per heavy atom. The molecule has 1 amide bonds. The highest BCUT2D eigenvalue weighted by atomic mass is 16.3. The minimum absolute atomic E-state index is 0.100. The van der Waals surface area contributed by atoms with Crippen LogP contribution in [0.2, 0.25) is 0 Å². The summed E-state index contributed by atoms with van der Waals surface area (Å²) in [5.41, 5.74) is 6.56. The van der Waals surface area contributed by atoms with Crippen molar-refractivity contribution in [1.82, 2.24) is 0 Å². The van der Waals surface area contributed by atoms with E-state index in [1.54, 1.807) is 6.92 Å². The highest BCUT2D eigenvalue weighted by molar-refractivity contribution is 5.76. The summed E-state index contributed by atoms with van der Waals surface area (Å²) in [6, 6.07) is 17.3. The van der Waals surface area contributed by atoms with E-state index >= 15 is 0 Å². The Bertz CT molecular complexity index is 576. The topological polar surface area (TPSA) is 63.3 Å². The summed E-state index contributed by atoms with van der Waals surface area (Å²) >= 11 is 0. The van der Waals surface area contributed by atoms with Crippen LogP contribution < -0.4 is 5.73 Å². The standard InChI is InChI=1S/C16H17NO2/c1-16(19,11-15(17)18)14-10-6-5-9-13(14)12-7-3-2-4-8-12/h2-10,19H,11H2,1H3,(H2,17,18). The van der Waals surface area contributed by atoms with Crippen LogP contribution in [-0.2, 0) is 10.4 Å². The molecule has 3 N–H and O–H groups in total. The van der Waals surface area contributed by atoms with E-state index in [9.17, 15) is 9.90 Å². The molecule has 1 unspecified atom stereocenters. The molecule has 0 aliphatic heterocycles. The molecule has 19 heavy (non-hydrogen) atoms. The van der Waals surface area contributed by atoms with Gasteiger partial charge in [0.2, 0.25) is 5.91 Å². The Labute approximate surface area is 112 Å². The number of carbonyl (C=O) groups is 1. The van der Waals surface area contributed by atoms with Gasteiger partial charge >= 0.3 is 0 Å². The summed E-state index contributed by atoms with van der Waals surface area (Å²) in [7, 11) is 0. The molecule has 0 saturated heterocycles. The zero-order valence-corrected chi connectivity index (χ0v) is 10.8. The third kappa shape index (κ3) is 3.01. The van der Waals surface area contributed by atoms with Crippen molar-refractivity contribution in [3.63, 3.8) is 0 Å². The van der Waals surface area contributed by atoms with Crippen LogP contribution in [0.5, 0.6) is 0 Å². The first-order valence-corrected chi connectivity index (χ1v) is 6.16. The van der Waals surface area contributed by atoms with Crippen LogP contribution in [0.15, 0.2) is 54.6 Å². The molecule has 0 aromatic heterocycles. The molecule has 0 saturated carbocycles. The number of rotatable bonds is 4. The lowest BCUT2D eigenvalue weighted by atomic mass is 9.86. The molecule has 2 rings (SSSR count). The number of primary amides is 1. The molecule has 0 bridgehead atoms. The van der Waals surface area contributed by atoms with E-state index in [0.29, 0.717) is 5.56 Å². The molecule has 0 aliphatic rings. The first-order chi connectivity index (χ1) is 9.00. The van der Waals surface area contributed by atoms with Gasteiger partial charge in [0.15, 0.2) is 0 Å². The van der Waals surface area contributed by atoms with Crippen LogP contribution in [0.25, 0.3) is 11.1 Å². The van der Waals surface area contributed by atoms with Crippen LogP contribution in [0, 0.1) is 0 Å². The zero-order valence-electron chi connectivity index (χ0n) is 10.8. The van der Waals surface area contributed by atoms with E-state index in [1.807, 2.05) is 54.6 Å². The molecule has 1 atom stereocenters. The fraction of sp³-hybridized carbons (Fsp3) is 0.188. The Kier molecular flexibility index (Phi) is 3.67. The van der Waals surface area contributed by atoms with Gasteiger partial charge in [-0.05, 0) is 23.6 Å². The maximum Gasteiger partial charge on any atom is 0.220 e. The molecule has 3 nitrogen and oxygen atoms in total. The molecule has 0 radical (unpaired) electrons. The fourth-order valence-corrected chi connectivity index (χ4v) is 2.26. The van der Waals surface area contributed by atoms with Crippen molar-refractivity contribution in [2.45, 2.75) is 18.9 Å². The van der Waals surface area contributed by atoms with Gasteiger partial charge in [-0.1, -0.05) is 54.6 Å². The number of hydrogen-bond donors (Lipinski definition) is 2. The summed E-state index contributed by atoms with van der Waals surface area (Å²) in [6.45, 7) is 1.61. The van der Waals surface area contributed by atoms with Gasteiger partial charge in [0, 0.05) is 0 Å². The van der Waals surface area contributed by atoms with Crippen LogP contribution in [0.4, 0.5) is 0 Å². The molecule has 0 heterocycles. The summed E-state index contributed by atoms with van der Waals surface area (Å²) in [4.78, 5) is 11.1. The molecule has 2 aromatic carbocycles. The monoisotopic (exact) mass is 255 g/mol. The first kappa shape index (κ1) is 13.3. The number of benzene rings is 2. The van der Waals surface area contributed by atoms with Crippen LogP contribution >= 0.6 is 0 Å². The highest BCUT2D eigenvalue weighted by Gasteiger charge is 2.28. The summed E-state index contributed by atoms with van der Waals surface area (Å²) in [5, 5.41) is 10.5. The Balaban J connectivity index is 2.50. The predicted molar refractivity (Wildman–Crippen MR) is 75.3 cm³/mol. The number of carbonyl (C=O) groups excluding carboxylic acids is 1. The van der Waals surface area contributed by atoms with Crippen molar-refractivity contribution < 1.29 is 9.90 Å². The molecule has 98 valence electrons. The lowest BCUT2D eigenvalue weighted by Gasteiger charge is -2.25. The summed E-state index contributed by atoms with van der Waals surface area (Å²) < 4.78 is 0. The summed E-state index contributed by atoms with van der Waals surface area (Å²) in [5.74, 6) is -0.520. The summed E-state index contributed by atoms with van der Waals surface area (Å²) in [6.07, 6.45) is -0.100. The quantitative estimate of drug-likeness (QED) is 0.881. The van der Waals surface area contributed by atoms with E-state index in [4.69, 9.17) is 5.73 Å². The fourth-order valence-electron chi connectivity index (χ4n) is 2.26. The lowest BCUT2D eigenvalue weighted by molar-refractivity contribution is -0.122. The minimum Gasteiger partial charge on any atom is -0.385 e. The van der Waals surface area contributed by atoms with E-state index in [-0.39, 0.29) is 6.42 Å². The van der Waals surface area contributed by atoms with E-state index in [0.717, 1.165) is 11.1 Å². The normalized spacial score (nSPS) is 13.8. The van der Waals surface area contributed by atoms with Gasteiger partial charge in [-0.2, -0.15) is 0 Å². The van der Waals surface area contributed by atoms with Crippen molar-refractivity contribution >= 4 is 5.91 Å². The first-order valence-electron chi connectivity index (χ1n) is 6.16. The third-order valence-corrected chi connectivity index (χ3v) is 3.11. The van der Waals surface area contributed by atoms with Crippen molar-refractivity contribution in [2.24, 2.45) is 5.73 Å². The number of aliphatic hydroxyl groups is 1. The van der Waals surface area contributed by atoms with Crippen molar-refractivity contribution in [1.29, 1.82) is 0 Å². The lowest BCUT2D eigenvalue weighted by Crippen LogP contribution is -2.29. The SMILES string of the molecule is CC(O)(CC(N)=O)c1ccccc1-c1ccccc1. The zero-order chi connectivity index (χ0) is 13.9. The smallest absolute Gasteiger partial charge is 0.220 e. The molecule has 0 aliphatic carbocycles. The highest BCUT2D eigenvalue weighted by Crippen LogP contribution is 2.33. The van der Waals surface area contributed by atoms with Gasteiger partial charge in [-0.25, -0.2) is 0 Å². The number of nitrogens with two attached hydrogens (primary N) is 1. The van der Waals surface area contributed by atoms with Gasteiger partial charge in [-0.3, -0.25) is 4.79 Å². The van der Waals surface area contributed by atoms with Gasteiger partial charge < -0.3 is 10.8 Å². The van der Waals surface area contributed by atoms with E-state index in [1.165, 1.54) is 0 Å². The van der Waals surface area contributed by atoms with Crippen molar-refractivity contribution in [3.05, 3.63) is 60.2 Å². The molecule has 3 heteroatoms. The van der Waals surface area contributed by atoms with Gasteiger partial charge in [0.25, 0.3) is 0 Å². The largest absolute Gasteiger partial charge is 0.385 e. The molecule has 2 aromatic rings. The van der Waals surface area contributed by atoms with Crippen LogP contribution in [0.3, 0.4) is 0 Å². The number of hydrogen-bond acceptors (Lipinski definition) is 2. The van der Waals surface area contributed by atoms with Gasteiger partial charge in [0.05, 0.1) is 12.0 Å². The third-order valence-electron chi connectivity index (χ3n) is 3.11. The Morgan fingerprint density at radius 3 is 2.32 bits per heavy atom. The molecular formula is C16H17NO2. The van der Waals surface area contributed by atoms with Crippen LogP contribution in [-0.4, -0.2) is 11.0 Å². The molecule has 0 spiro atoms. The van der Waals surface area contributed by atoms with Gasteiger partial charge in [0.1, 0.15) is 0 Å². The Hall–Kier alpha value is -2.13. The average Bonchev–Trinajstić information content (AvgIpc) is 2.38. The second-order valence-corrected chi connectivity index (χ2v) is 4.83. The maximum absolute atomic E-state index is 11.1. The second-order valence-electron chi connectivity index (χ2n) is 4.83. The Morgan fingerprint density at radius 2 is 1.68 bits per heavy atom. The van der Waals surface area contributed by atoms with Crippen LogP contribution in [0.1, 0.15) is 18.9 Å². The predicted octanol–water partition coefficient (Wildman–Crippen LogP) is 2.44. The van der Waals surface area contributed by atoms with Crippen molar-refractivity contribution in [3.8, 4) is 11.1 Å². The van der Waals surface area contributed by atoms with Crippen molar-refractivity contribution in [2.75, 3.05) is 0 Å². The van der Waals surface area contributed by atoms with E-state index < -0.39 is 11.5 Å². The molecule has 0 fully saturated rings. The maximum atomic E-state index is 11.1. The minimum atomic E-state index is -1.27. The van der Waals surface area contributed by atoms with Gasteiger partial charge in [-0.15, -0.1) is 0 Å². The average molecular weight is 255 g/mol. The number of amides is 1. The molecular weight excluding hydrogens is 238 g/mol. The van der Waals surface area contributed by atoms with E-state index in [2.05, 4.69) is 0 Å².